The molecule has 0 unspecified atom stereocenters. The minimum atomic E-state index is -3.23. The van der Waals surface area contributed by atoms with Crippen molar-refractivity contribution in [2.45, 2.75) is 13.2 Å². The van der Waals surface area contributed by atoms with Crippen molar-refractivity contribution in [3.63, 3.8) is 0 Å². The van der Waals surface area contributed by atoms with Crippen molar-refractivity contribution in [1.82, 2.24) is 13.9 Å². The van der Waals surface area contributed by atoms with Gasteiger partial charge < -0.3 is 4.74 Å². The number of halogens is 4. The van der Waals surface area contributed by atoms with E-state index in [0.29, 0.717) is 14.3 Å². The molecule has 0 N–H and O–H groups in total. The van der Waals surface area contributed by atoms with Crippen molar-refractivity contribution in [3.05, 3.63) is 79.8 Å². The quantitative estimate of drug-likeness (QED) is 0.662. The summed E-state index contributed by atoms with van der Waals surface area (Å²) in [5.41, 5.74) is -2.08. The summed E-state index contributed by atoms with van der Waals surface area (Å²) in [5.74, 6) is -0.820. The third kappa shape index (κ3) is 3.63. The van der Waals surface area contributed by atoms with Crippen LogP contribution in [0.25, 0.3) is 5.69 Å². The predicted molar refractivity (Wildman–Crippen MR) is 92.3 cm³/mol. The smallest absolute Gasteiger partial charge is 0.356 e. The maximum Gasteiger partial charge on any atom is 0.356 e. The third-order valence-corrected chi connectivity index (χ3v) is 4.09. The molecular weight excluding hydrogens is 387 g/mol. The van der Waals surface area contributed by atoms with Gasteiger partial charge in [0.2, 0.25) is 0 Å². The van der Waals surface area contributed by atoms with Crippen molar-refractivity contribution < 1.29 is 17.9 Å². The summed E-state index contributed by atoms with van der Waals surface area (Å²) < 4.78 is 46.4. The Balaban J connectivity index is 1.90. The van der Waals surface area contributed by atoms with Crippen LogP contribution in [0.3, 0.4) is 0 Å². The fraction of sp³-hybridized carbons (Fsp3) is 0.176. The first-order valence-electron chi connectivity index (χ1n) is 7.65. The molecule has 6 nitrogen and oxygen atoms in total. The Morgan fingerprint density at radius 2 is 1.74 bits per heavy atom. The van der Waals surface area contributed by atoms with E-state index in [-0.39, 0.29) is 17.0 Å². The van der Waals surface area contributed by atoms with Gasteiger partial charge in [0.15, 0.2) is 5.82 Å². The van der Waals surface area contributed by atoms with Crippen LogP contribution < -0.4 is 16.1 Å². The number of rotatable bonds is 5. The molecule has 0 bridgehead atoms. The highest BCUT2D eigenvalue weighted by Crippen LogP contribution is 2.20. The van der Waals surface area contributed by atoms with Gasteiger partial charge >= 0.3 is 17.9 Å². The monoisotopic (exact) mass is 399 g/mol. The van der Waals surface area contributed by atoms with E-state index in [1.54, 1.807) is 24.3 Å². The normalized spacial score (nSPS) is 11.2. The van der Waals surface area contributed by atoms with E-state index in [1.165, 1.54) is 6.07 Å². The molecule has 3 rings (SSSR count). The summed E-state index contributed by atoms with van der Waals surface area (Å²) in [5, 5.41) is 0.567. The number of hydrogen-bond donors (Lipinski definition) is 0. The lowest BCUT2D eigenvalue weighted by Crippen LogP contribution is -2.28. The van der Waals surface area contributed by atoms with E-state index < -0.39 is 29.4 Å². The molecule has 0 saturated heterocycles. The second kappa shape index (κ2) is 7.36. The first-order valence-corrected chi connectivity index (χ1v) is 8.03. The van der Waals surface area contributed by atoms with Gasteiger partial charge in [-0.25, -0.2) is 23.2 Å². The standard InChI is InChI=1S/C17H13ClF3N3O3/c1-22-16(25)23(17(26)24(22)15(20)21)14-7-6-12(8-13(14)19)27-9-10-2-4-11(18)5-3-10/h2-8,15H,9H2,1H3. The Morgan fingerprint density at radius 1 is 1.07 bits per heavy atom. The van der Waals surface area contributed by atoms with Gasteiger partial charge in [0.05, 0.1) is 5.69 Å². The van der Waals surface area contributed by atoms with Crippen LogP contribution in [-0.4, -0.2) is 13.9 Å². The Labute approximate surface area is 155 Å². The van der Waals surface area contributed by atoms with Crippen LogP contribution in [-0.2, 0) is 13.7 Å². The number of hydrogen-bond acceptors (Lipinski definition) is 3. The molecular formula is C17H13ClF3N3O3. The van der Waals surface area contributed by atoms with Crippen LogP contribution in [0, 0.1) is 5.82 Å². The van der Waals surface area contributed by atoms with Gasteiger partial charge in [-0.15, -0.1) is 0 Å². The number of aromatic nitrogens is 3. The number of alkyl halides is 2. The second-order valence-electron chi connectivity index (χ2n) is 5.57. The van der Waals surface area contributed by atoms with Gasteiger partial charge in [-0.3, -0.25) is 0 Å². The molecule has 27 heavy (non-hydrogen) atoms. The Bertz CT molecular complexity index is 1090. The van der Waals surface area contributed by atoms with E-state index in [4.69, 9.17) is 16.3 Å². The van der Waals surface area contributed by atoms with Crippen LogP contribution in [0.15, 0.2) is 52.1 Å². The summed E-state index contributed by atoms with van der Waals surface area (Å²) >= 11 is 5.79. The maximum absolute atomic E-state index is 14.4. The van der Waals surface area contributed by atoms with Gasteiger partial charge in [-0.05, 0) is 29.8 Å². The minimum absolute atomic E-state index is 0.0628. The van der Waals surface area contributed by atoms with Crippen LogP contribution in [0.2, 0.25) is 5.02 Å². The maximum atomic E-state index is 14.4. The zero-order valence-corrected chi connectivity index (χ0v) is 14.7. The van der Waals surface area contributed by atoms with Crippen LogP contribution in [0.4, 0.5) is 13.2 Å². The molecule has 0 aliphatic carbocycles. The van der Waals surface area contributed by atoms with E-state index in [0.717, 1.165) is 24.7 Å². The van der Waals surface area contributed by atoms with E-state index in [1.807, 2.05) is 0 Å². The summed E-state index contributed by atoms with van der Waals surface area (Å²) in [6, 6.07) is 10.3. The molecule has 0 aliphatic rings. The fourth-order valence-electron chi connectivity index (χ4n) is 2.48. The van der Waals surface area contributed by atoms with E-state index in [9.17, 15) is 22.8 Å². The highest BCUT2D eigenvalue weighted by molar-refractivity contribution is 6.30. The first-order chi connectivity index (χ1) is 12.8. The molecule has 142 valence electrons. The lowest BCUT2D eigenvalue weighted by atomic mass is 10.2. The van der Waals surface area contributed by atoms with Crippen molar-refractivity contribution in [2.75, 3.05) is 0 Å². The molecule has 0 radical (unpaired) electrons. The number of nitrogens with zero attached hydrogens (tertiary/aromatic N) is 3. The first kappa shape index (κ1) is 18.8. The van der Waals surface area contributed by atoms with Gasteiger partial charge in [0.1, 0.15) is 12.4 Å². The van der Waals surface area contributed by atoms with Gasteiger partial charge in [0.25, 0.3) is 0 Å². The number of ether oxygens (including phenoxy) is 1. The molecule has 0 amide bonds. The van der Waals surface area contributed by atoms with Gasteiger partial charge in [0, 0.05) is 18.1 Å². The zero-order chi connectivity index (χ0) is 19.7. The second-order valence-corrected chi connectivity index (χ2v) is 6.01. The average molecular weight is 400 g/mol. The zero-order valence-electron chi connectivity index (χ0n) is 13.9. The van der Waals surface area contributed by atoms with Gasteiger partial charge in [-0.2, -0.15) is 13.5 Å². The van der Waals surface area contributed by atoms with E-state index >= 15 is 0 Å². The SMILES string of the molecule is Cn1c(=O)n(-c2ccc(OCc3ccc(Cl)cc3)cc2F)c(=O)n1C(F)F. The molecule has 0 saturated carbocycles. The van der Waals surface area contributed by atoms with Crippen molar-refractivity contribution in [2.24, 2.45) is 7.05 Å². The molecule has 2 aromatic carbocycles. The summed E-state index contributed by atoms with van der Waals surface area (Å²) in [6.45, 7) is -3.10. The fourth-order valence-corrected chi connectivity index (χ4v) is 2.60. The van der Waals surface area contributed by atoms with Crippen LogP contribution in [0.5, 0.6) is 5.75 Å². The molecule has 10 heteroatoms. The summed E-state index contributed by atoms with van der Waals surface area (Å²) in [7, 11) is 0.994. The predicted octanol–water partition coefficient (Wildman–Crippen LogP) is 3.10. The minimum Gasteiger partial charge on any atom is -0.489 e. The lowest BCUT2D eigenvalue weighted by Gasteiger charge is -2.08. The average Bonchev–Trinajstić information content (AvgIpc) is 2.84. The van der Waals surface area contributed by atoms with Gasteiger partial charge in [-0.1, -0.05) is 23.7 Å². The van der Waals surface area contributed by atoms with E-state index in [2.05, 4.69) is 0 Å². The van der Waals surface area contributed by atoms with Crippen molar-refractivity contribution >= 4 is 11.6 Å². The van der Waals surface area contributed by atoms with Crippen molar-refractivity contribution in [1.29, 1.82) is 0 Å². The molecule has 0 fully saturated rings. The lowest BCUT2D eigenvalue weighted by molar-refractivity contribution is 0.0402. The summed E-state index contributed by atoms with van der Waals surface area (Å²) in [6.07, 6.45) is 0. The Kier molecular flexibility index (Phi) is 5.13. The molecule has 0 atom stereocenters. The third-order valence-electron chi connectivity index (χ3n) is 3.84. The molecule has 0 spiro atoms. The number of benzene rings is 2. The Hall–Kier alpha value is -2.94. The highest BCUT2D eigenvalue weighted by atomic mass is 35.5. The van der Waals surface area contributed by atoms with Crippen LogP contribution in [0.1, 0.15) is 12.1 Å². The molecule has 0 aliphatic heterocycles. The topological polar surface area (TPSA) is 58.2 Å². The molecule has 1 heterocycles. The largest absolute Gasteiger partial charge is 0.489 e. The van der Waals surface area contributed by atoms with Crippen LogP contribution >= 0.6 is 11.6 Å². The molecule has 3 aromatic rings. The highest BCUT2D eigenvalue weighted by Gasteiger charge is 2.22. The molecule has 1 aromatic heterocycles. The Morgan fingerprint density at radius 3 is 2.30 bits per heavy atom. The van der Waals surface area contributed by atoms with Crippen molar-refractivity contribution in [3.8, 4) is 11.4 Å². The summed E-state index contributed by atoms with van der Waals surface area (Å²) in [4.78, 5) is 24.1.